The lowest BCUT2D eigenvalue weighted by molar-refractivity contribution is 0.572. The summed E-state index contributed by atoms with van der Waals surface area (Å²) >= 11 is 0. The van der Waals surface area contributed by atoms with Crippen LogP contribution in [0.15, 0.2) is 24.3 Å². The van der Waals surface area contributed by atoms with E-state index in [0.717, 1.165) is 12.0 Å². The zero-order valence-corrected chi connectivity index (χ0v) is 10.2. The molecule has 1 N–H and O–H groups in total. The van der Waals surface area contributed by atoms with Crippen LogP contribution in [-0.4, -0.2) is 7.05 Å². The largest absolute Gasteiger partial charge is 0.313 e. The van der Waals surface area contributed by atoms with E-state index in [9.17, 15) is 4.39 Å². The van der Waals surface area contributed by atoms with Crippen molar-refractivity contribution in [2.75, 3.05) is 7.05 Å². The molecular weight excluding hydrogens is 189 g/mol. The molecule has 0 saturated heterocycles. The normalized spacial score (nSPS) is 11.5. The molecule has 1 aromatic rings. The molecule has 0 heterocycles. The average molecular weight is 211 g/mol. The molecule has 2 heteroatoms. The van der Waals surface area contributed by atoms with E-state index in [-0.39, 0.29) is 5.82 Å². The van der Waals surface area contributed by atoms with Gasteiger partial charge in [-0.3, -0.25) is 0 Å². The van der Waals surface area contributed by atoms with E-state index < -0.39 is 0 Å². The molecule has 0 spiro atoms. The van der Waals surface area contributed by atoms with Gasteiger partial charge in [-0.25, -0.2) is 4.39 Å². The van der Waals surface area contributed by atoms with E-state index in [1.807, 2.05) is 19.2 Å². The second-order valence-electron chi connectivity index (χ2n) is 3.51. The lowest BCUT2D eigenvalue weighted by atomic mass is 10.1. The first kappa shape index (κ1) is 14.1. The van der Waals surface area contributed by atoms with Gasteiger partial charge >= 0.3 is 0 Å². The minimum atomic E-state index is -0.176. The maximum atomic E-state index is 12.5. The van der Waals surface area contributed by atoms with Crippen molar-refractivity contribution < 1.29 is 4.39 Å². The van der Waals surface area contributed by atoms with Crippen LogP contribution in [0.3, 0.4) is 0 Å². The minimum Gasteiger partial charge on any atom is -0.313 e. The Kier molecular flexibility index (Phi) is 7.92. The van der Waals surface area contributed by atoms with Gasteiger partial charge in [0.2, 0.25) is 0 Å². The van der Waals surface area contributed by atoms with Crippen molar-refractivity contribution in [3.8, 4) is 0 Å². The third-order valence-electron chi connectivity index (χ3n) is 2.03. The van der Waals surface area contributed by atoms with E-state index in [1.165, 1.54) is 18.6 Å². The molecule has 0 saturated carbocycles. The fraction of sp³-hybridized carbons (Fsp3) is 0.538. The van der Waals surface area contributed by atoms with Crippen LogP contribution in [0.25, 0.3) is 0 Å². The maximum absolute atomic E-state index is 12.5. The van der Waals surface area contributed by atoms with E-state index in [2.05, 4.69) is 26.1 Å². The Hall–Kier alpha value is -0.890. The number of hydrogen-bond donors (Lipinski definition) is 1. The second-order valence-corrected chi connectivity index (χ2v) is 3.51. The standard InChI is InChI=1S/C10H14FN.C3H8/c1-3-10(12-2)8-4-6-9(11)7-5-8;1-3-2/h4-7,10,12H,3H2,1-2H3;3H2,1-2H3. The summed E-state index contributed by atoms with van der Waals surface area (Å²) in [5, 5.41) is 3.17. The Morgan fingerprint density at radius 2 is 1.60 bits per heavy atom. The number of hydrogen-bond acceptors (Lipinski definition) is 1. The van der Waals surface area contributed by atoms with Crippen LogP contribution in [0.1, 0.15) is 45.2 Å². The molecule has 0 aliphatic heterocycles. The highest BCUT2D eigenvalue weighted by Crippen LogP contribution is 2.15. The van der Waals surface area contributed by atoms with Gasteiger partial charge in [-0.1, -0.05) is 39.3 Å². The Morgan fingerprint density at radius 3 is 1.93 bits per heavy atom. The quantitative estimate of drug-likeness (QED) is 0.799. The second kappa shape index (κ2) is 8.42. The Labute approximate surface area is 92.7 Å². The van der Waals surface area contributed by atoms with Crippen molar-refractivity contribution in [2.45, 2.75) is 39.7 Å². The summed E-state index contributed by atoms with van der Waals surface area (Å²) in [5.41, 5.74) is 1.14. The average Bonchev–Trinajstić information content (AvgIpc) is 2.24. The molecule has 1 nitrogen and oxygen atoms in total. The van der Waals surface area contributed by atoms with Gasteiger partial charge in [-0.2, -0.15) is 0 Å². The van der Waals surface area contributed by atoms with Gasteiger partial charge in [0.25, 0.3) is 0 Å². The third kappa shape index (κ3) is 5.53. The number of rotatable bonds is 3. The van der Waals surface area contributed by atoms with E-state index >= 15 is 0 Å². The lowest BCUT2D eigenvalue weighted by Crippen LogP contribution is -2.14. The van der Waals surface area contributed by atoms with Gasteiger partial charge in [0, 0.05) is 6.04 Å². The van der Waals surface area contributed by atoms with Crippen molar-refractivity contribution in [3.05, 3.63) is 35.6 Å². The van der Waals surface area contributed by atoms with Gasteiger partial charge in [0.05, 0.1) is 0 Å². The first-order chi connectivity index (χ1) is 7.19. The predicted molar refractivity (Wildman–Crippen MR) is 64.5 cm³/mol. The van der Waals surface area contributed by atoms with Gasteiger partial charge in [0.15, 0.2) is 0 Å². The summed E-state index contributed by atoms with van der Waals surface area (Å²) in [5.74, 6) is -0.176. The monoisotopic (exact) mass is 211 g/mol. The van der Waals surface area contributed by atoms with Crippen LogP contribution in [0.2, 0.25) is 0 Å². The van der Waals surface area contributed by atoms with Crippen molar-refractivity contribution in [3.63, 3.8) is 0 Å². The van der Waals surface area contributed by atoms with Crippen LogP contribution in [0, 0.1) is 5.82 Å². The van der Waals surface area contributed by atoms with E-state index in [0.29, 0.717) is 6.04 Å². The number of halogens is 1. The molecule has 15 heavy (non-hydrogen) atoms. The summed E-state index contributed by atoms with van der Waals surface area (Å²) in [6, 6.07) is 6.97. The van der Waals surface area contributed by atoms with Crippen molar-refractivity contribution >= 4 is 0 Å². The molecule has 1 unspecified atom stereocenters. The molecule has 0 aromatic heterocycles. The van der Waals surface area contributed by atoms with Gasteiger partial charge in [-0.15, -0.1) is 0 Å². The van der Waals surface area contributed by atoms with Crippen LogP contribution in [0.4, 0.5) is 4.39 Å². The maximum Gasteiger partial charge on any atom is 0.123 e. The Balaban J connectivity index is 0.000000583. The molecule has 0 fully saturated rings. The molecule has 1 aromatic carbocycles. The molecule has 1 atom stereocenters. The van der Waals surface area contributed by atoms with Crippen LogP contribution >= 0.6 is 0 Å². The molecule has 0 aliphatic rings. The fourth-order valence-electron chi connectivity index (χ4n) is 1.30. The van der Waals surface area contributed by atoms with E-state index in [1.54, 1.807) is 0 Å². The Morgan fingerprint density at radius 1 is 1.13 bits per heavy atom. The summed E-state index contributed by atoms with van der Waals surface area (Å²) in [7, 11) is 1.91. The van der Waals surface area contributed by atoms with Crippen molar-refractivity contribution in [1.82, 2.24) is 5.32 Å². The molecule has 0 radical (unpaired) electrons. The summed E-state index contributed by atoms with van der Waals surface area (Å²) in [4.78, 5) is 0. The van der Waals surface area contributed by atoms with E-state index in [4.69, 9.17) is 0 Å². The highest BCUT2D eigenvalue weighted by atomic mass is 19.1. The Bertz CT molecular complexity index is 239. The summed E-state index contributed by atoms with van der Waals surface area (Å²) in [6.45, 7) is 6.35. The molecule has 0 bridgehead atoms. The molecule has 0 amide bonds. The first-order valence-corrected chi connectivity index (χ1v) is 5.62. The lowest BCUT2D eigenvalue weighted by Gasteiger charge is -2.13. The molecule has 86 valence electrons. The fourth-order valence-corrected chi connectivity index (χ4v) is 1.30. The minimum absolute atomic E-state index is 0.176. The smallest absolute Gasteiger partial charge is 0.123 e. The predicted octanol–water partition coefficient (Wildman–Crippen LogP) is 3.91. The zero-order valence-electron chi connectivity index (χ0n) is 10.2. The van der Waals surface area contributed by atoms with Gasteiger partial charge < -0.3 is 5.32 Å². The zero-order chi connectivity index (χ0) is 11.7. The number of nitrogens with one attached hydrogen (secondary N) is 1. The van der Waals surface area contributed by atoms with Gasteiger partial charge in [0.1, 0.15) is 5.82 Å². The van der Waals surface area contributed by atoms with Crippen molar-refractivity contribution in [2.24, 2.45) is 0 Å². The first-order valence-electron chi connectivity index (χ1n) is 5.62. The molecule has 0 aliphatic carbocycles. The van der Waals surface area contributed by atoms with Gasteiger partial charge in [-0.05, 0) is 31.2 Å². The van der Waals surface area contributed by atoms with Crippen LogP contribution in [-0.2, 0) is 0 Å². The SMILES string of the molecule is CCC.CCC(NC)c1ccc(F)cc1. The van der Waals surface area contributed by atoms with Crippen LogP contribution in [0.5, 0.6) is 0 Å². The summed E-state index contributed by atoms with van der Waals surface area (Å²) < 4.78 is 12.5. The topological polar surface area (TPSA) is 12.0 Å². The van der Waals surface area contributed by atoms with Crippen molar-refractivity contribution in [1.29, 1.82) is 0 Å². The summed E-state index contributed by atoms with van der Waals surface area (Å²) in [6.07, 6.45) is 2.27. The number of benzene rings is 1. The van der Waals surface area contributed by atoms with Crippen LogP contribution < -0.4 is 5.32 Å². The highest BCUT2D eigenvalue weighted by molar-refractivity contribution is 5.19. The molecular formula is C13H22FN. The third-order valence-corrected chi connectivity index (χ3v) is 2.03. The highest BCUT2D eigenvalue weighted by Gasteiger charge is 2.04. The molecule has 1 rings (SSSR count).